The molecule has 0 radical (unpaired) electrons. The van der Waals surface area contributed by atoms with Gasteiger partial charge in [-0.25, -0.2) is 4.98 Å². The second-order valence-corrected chi connectivity index (χ2v) is 4.00. The summed E-state index contributed by atoms with van der Waals surface area (Å²) in [5, 5.41) is 4.54. The van der Waals surface area contributed by atoms with Crippen molar-refractivity contribution >= 4 is 16.9 Å². The first-order valence-electron chi connectivity index (χ1n) is 5.13. The quantitative estimate of drug-likeness (QED) is 0.822. The van der Waals surface area contributed by atoms with E-state index in [-0.39, 0.29) is 6.04 Å². The van der Waals surface area contributed by atoms with Gasteiger partial charge in [0.1, 0.15) is 17.0 Å². The van der Waals surface area contributed by atoms with Crippen molar-refractivity contribution in [3.8, 4) is 0 Å². The van der Waals surface area contributed by atoms with E-state index in [4.69, 9.17) is 10.3 Å². The predicted octanol–water partition coefficient (Wildman–Crippen LogP) is 0.710. The number of hydrogen-bond donors (Lipinski definition) is 1. The van der Waals surface area contributed by atoms with E-state index in [1.165, 1.54) is 0 Å². The fourth-order valence-electron chi connectivity index (χ4n) is 1.66. The molecule has 2 aromatic rings. The summed E-state index contributed by atoms with van der Waals surface area (Å²) in [6.45, 7) is 4.50. The van der Waals surface area contributed by atoms with E-state index in [0.29, 0.717) is 11.5 Å². The van der Waals surface area contributed by atoms with Gasteiger partial charge in [0.2, 0.25) is 0 Å². The number of nitrogens with two attached hydrogens (primary N) is 1. The van der Waals surface area contributed by atoms with Crippen molar-refractivity contribution in [2.45, 2.75) is 19.9 Å². The fourth-order valence-corrected chi connectivity index (χ4v) is 1.66. The average molecular weight is 221 g/mol. The van der Waals surface area contributed by atoms with Crippen molar-refractivity contribution in [2.75, 3.05) is 18.5 Å². The zero-order valence-corrected chi connectivity index (χ0v) is 9.64. The molecule has 2 aromatic heterocycles. The lowest BCUT2D eigenvalue weighted by Gasteiger charge is -2.20. The number of rotatable bonds is 3. The molecule has 0 aliphatic carbocycles. The molecule has 0 fully saturated rings. The van der Waals surface area contributed by atoms with Crippen molar-refractivity contribution < 1.29 is 4.52 Å². The van der Waals surface area contributed by atoms with Gasteiger partial charge in [-0.15, -0.1) is 0 Å². The molecule has 6 nitrogen and oxygen atoms in total. The number of likely N-dealkylation sites (N-methyl/N-ethyl adjacent to an activating group) is 1. The van der Waals surface area contributed by atoms with Crippen LogP contribution in [0.15, 0.2) is 10.7 Å². The summed E-state index contributed by atoms with van der Waals surface area (Å²) in [6, 6.07) is 0.0789. The Bertz CT molecular complexity index is 493. The molecular formula is C10H15N5O. The van der Waals surface area contributed by atoms with E-state index in [1.807, 2.05) is 25.8 Å². The Balaban J connectivity index is 2.45. The normalized spacial score (nSPS) is 13.0. The third kappa shape index (κ3) is 1.96. The van der Waals surface area contributed by atoms with E-state index in [0.717, 1.165) is 17.7 Å². The fraction of sp³-hybridized carbons (Fsp3) is 0.500. The van der Waals surface area contributed by atoms with Crippen LogP contribution in [0, 0.1) is 6.92 Å². The number of nitrogens with zero attached hydrogens (tertiary/aromatic N) is 4. The molecule has 0 amide bonds. The highest BCUT2D eigenvalue weighted by Gasteiger charge is 2.13. The van der Waals surface area contributed by atoms with Gasteiger partial charge in [-0.05, 0) is 13.8 Å². The zero-order chi connectivity index (χ0) is 11.7. The molecule has 86 valence electrons. The van der Waals surface area contributed by atoms with Gasteiger partial charge >= 0.3 is 0 Å². The topological polar surface area (TPSA) is 81.1 Å². The summed E-state index contributed by atoms with van der Waals surface area (Å²) in [5.41, 5.74) is 6.28. The predicted molar refractivity (Wildman–Crippen MR) is 61.3 cm³/mol. The Labute approximate surface area is 93.4 Å². The molecule has 16 heavy (non-hydrogen) atoms. The smallest absolute Gasteiger partial charge is 0.263 e. The maximum absolute atomic E-state index is 5.76. The van der Waals surface area contributed by atoms with E-state index < -0.39 is 0 Å². The molecule has 0 saturated carbocycles. The third-order valence-corrected chi connectivity index (χ3v) is 2.25. The van der Waals surface area contributed by atoms with Crippen molar-refractivity contribution in [1.82, 2.24) is 15.1 Å². The minimum Gasteiger partial charge on any atom is -0.357 e. The molecule has 0 saturated heterocycles. The van der Waals surface area contributed by atoms with Crippen LogP contribution in [0.25, 0.3) is 11.1 Å². The molecule has 2 N–H and O–H groups in total. The number of hydrogen-bond acceptors (Lipinski definition) is 6. The van der Waals surface area contributed by atoms with Crippen LogP contribution >= 0.6 is 0 Å². The van der Waals surface area contributed by atoms with Crippen molar-refractivity contribution in [3.05, 3.63) is 12.0 Å². The lowest BCUT2D eigenvalue weighted by molar-refractivity contribution is 0.448. The highest BCUT2D eigenvalue weighted by molar-refractivity contribution is 5.84. The van der Waals surface area contributed by atoms with E-state index in [9.17, 15) is 0 Å². The molecule has 0 spiro atoms. The summed E-state index contributed by atoms with van der Waals surface area (Å²) < 4.78 is 5.04. The van der Waals surface area contributed by atoms with Gasteiger partial charge in [-0.2, -0.15) is 4.98 Å². The van der Waals surface area contributed by atoms with Crippen molar-refractivity contribution in [2.24, 2.45) is 5.73 Å². The van der Waals surface area contributed by atoms with E-state index in [2.05, 4.69) is 15.1 Å². The minimum atomic E-state index is 0.0789. The van der Waals surface area contributed by atoms with Crippen LogP contribution in [-0.2, 0) is 0 Å². The van der Waals surface area contributed by atoms with Crippen molar-refractivity contribution in [3.63, 3.8) is 0 Å². The van der Waals surface area contributed by atoms with Gasteiger partial charge in [-0.1, -0.05) is 5.16 Å². The van der Waals surface area contributed by atoms with Crippen LogP contribution in [0.5, 0.6) is 0 Å². The lowest BCUT2D eigenvalue weighted by atomic mass is 10.3. The SMILES string of the molecule is Cc1nc(N(C)CC(C)N)c2cnoc2n1. The van der Waals surface area contributed by atoms with E-state index >= 15 is 0 Å². The molecule has 0 aromatic carbocycles. The Morgan fingerprint density at radius 2 is 2.25 bits per heavy atom. The van der Waals surface area contributed by atoms with Gasteiger partial charge in [-0.3, -0.25) is 0 Å². The molecule has 6 heteroatoms. The summed E-state index contributed by atoms with van der Waals surface area (Å²) in [7, 11) is 1.94. The molecule has 1 unspecified atom stereocenters. The Morgan fingerprint density at radius 3 is 2.94 bits per heavy atom. The number of anilines is 1. The lowest BCUT2D eigenvalue weighted by Crippen LogP contribution is -2.33. The number of aromatic nitrogens is 3. The van der Waals surface area contributed by atoms with Gasteiger partial charge in [0, 0.05) is 19.6 Å². The van der Waals surface area contributed by atoms with Crippen molar-refractivity contribution in [1.29, 1.82) is 0 Å². The van der Waals surface area contributed by atoms with Gasteiger partial charge in [0.05, 0.1) is 6.20 Å². The molecule has 0 aliphatic rings. The molecular weight excluding hydrogens is 206 g/mol. The first kappa shape index (κ1) is 10.8. The highest BCUT2D eigenvalue weighted by Crippen LogP contribution is 2.22. The second-order valence-electron chi connectivity index (χ2n) is 4.00. The molecule has 2 heterocycles. The van der Waals surface area contributed by atoms with Crippen LogP contribution in [-0.4, -0.2) is 34.8 Å². The summed E-state index contributed by atoms with van der Waals surface area (Å²) in [6.07, 6.45) is 1.63. The Morgan fingerprint density at radius 1 is 1.50 bits per heavy atom. The molecule has 2 rings (SSSR count). The highest BCUT2D eigenvalue weighted by atomic mass is 16.5. The summed E-state index contributed by atoms with van der Waals surface area (Å²) in [4.78, 5) is 10.5. The van der Waals surface area contributed by atoms with Crippen LogP contribution in [0.4, 0.5) is 5.82 Å². The first-order chi connectivity index (χ1) is 7.58. The van der Waals surface area contributed by atoms with Gasteiger partial charge < -0.3 is 15.2 Å². The Kier molecular flexibility index (Phi) is 2.74. The van der Waals surface area contributed by atoms with Gasteiger partial charge in [0.15, 0.2) is 0 Å². The minimum absolute atomic E-state index is 0.0789. The van der Waals surface area contributed by atoms with Crippen LogP contribution in [0.2, 0.25) is 0 Å². The number of fused-ring (bicyclic) bond motifs is 1. The average Bonchev–Trinajstić information content (AvgIpc) is 2.62. The maximum atomic E-state index is 5.76. The van der Waals surface area contributed by atoms with Crippen LogP contribution < -0.4 is 10.6 Å². The van der Waals surface area contributed by atoms with Crippen LogP contribution in [0.1, 0.15) is 12.7 Å². The summed E-state index contributed by atoms with van der Waals surface area (Å²) in [5.74, 6) is 1.47. The van der Waals surface area contributed by atoms with Crippen LogP contribution in [0.3, 0.4) is 0 Å². The van der Waals surface area contributed by atoms with Gasteiger partial charge in [0.25, 0.3) is 5.71 Å². The third-order valence-electron chi connectivity index (χ3n) is 2.25. The Hall–Kier alpha value is -1.69. The zero-order valence-electron chi connectivity index (χ0n) is 9.64. The first-order valence-corrected chi connectivity index (χ1v) is 5.13. The van der Waals surface area contributed by atoms with E-state index in [1.54, 1.807) is 6.20 Å². The largest absolute Gasteiger partial charge is 0.357 e. The summed E-state index contributed by atoms with van der Waals surface area (Å²) >= 11 is 0. The molecule has 0 aliphatic heterocycles. The maximum Gasteiger partial charge on any atom is 0.263 e. The standard InChI is InChI=1S/C10H15N5O/c1-6(11)5-15(3)9-8-4-12-16-10(8)14-7(2)13-9/h4,6H,5,11H2,1-3H3. The number of aryl methyl sites for hydroxylation is 1. The second kappa shape index (κ2) is 4.05. The molecule has 1 atom stereocenters. The molecule has 0 bridgehead atoms. The monoisotopic (exact) mass is 221 g/mol.